The third-order valence-corrected chi connectivity index (χ3v) is 4.49. The number of carbonyl (C=O) groups excluding carboxylic acids is 3. The number of carbonyl (C=O) groups is 3. The zero-order chi connectivity index (χ0) is 14.9. The Balaban J connectivity index is 1.93. The Hall–Kier alpha value is -1.39. The minimum Gasteiger partial charge on any atom is -0.340 e. The normalized spacial score (nSPS) is 23.6. The summed E-state index contributed by atoms with van der Waals surface area (Å²) in [5.74, 6) is -0.241. The average Bonchev–Trinajstić information content (AvgIpc) is 3.14. The second-order valence-electron chi connectivity index (χ2n) is 6.02. The van der Waals surface area contributed by atoms with Crippen LogP contribution in [0.3, 0.4) is 0 Å². The summed E-state index contributed by atoms with van der Waals surface area (Å²) in [7, 11) is 1.75. The fraction of sp³-hybridized carbons (Fsp3) is 0.800. The molecule has 2 unspecified atom stereocenters. The van der Waals surface area contributed by atoms with E-state index in [1.165, 1.54) is 6.92 Å². The smallest absolute Gasteiger partial charge is 0.233 e. The molecule has 0 aromatic carbocycles. The van der Waals surface area contributed by atoms with Crippen LogP contribution in [0.4, 0.5) is 0 Å². The molecular weight excluding hydrogens is 256 g/mol. The van der Waals surface area contributed by atoms with Crippen molar-refractivity contribution in [3.8, 4) is 0 Å². The highest BCUT2D eigenvalue weighted by Crippen LogP contribution is 2.32. The zero-order valence-electron chi connectivity index (χ0n) is 12.6. The summed E-state index contributed by atoms with van der Waals surface area (Å²) in [5, 5.41) is 0. The van der Waals surface area contributed by atoms with Crippen molar-refractivity contribution in [3.05, 3.63) is 0 Å². The first-order valence-corrected chi connectivity index (χ1v) is 7.51. The molecule has 1 aliphatic carbocycles. The van der Waals surface area contributed by atoms with Gasteiger partial charge in [-0.15, -0.1) is 0 Å². The molecular formula is C15H24N2O3. The van der Waals surface area contributed by atoms with E-state index in [0.717, 1.165) is 25.8 Å². The van der Waals surface area contributed by atoms with Crippen molar-refractivity contribution in [2.75, 3.05) is 20.1 Å². The van der Waals surface area contributed by atoms with Crippen molar-refractivity contribution in [2.24, 2.45) is 11.8 Å². The van der Waals surface area contributed by atoms with Crippen molar-refractivity contribution < 1.29 is 14.4 Å². The second-order valence-corrected chi connectivity index (χ2v) is 6.02. The van der Waals surface area contributed by atoms with Crippen molar-refractivity contribution in [1.82, 2.24) is 9.80 Å². The third kappa shape index (κ3) is 3.02. The fourth-order valence-corrected chi connectivity index (χ4v) is 2.91. The van der Waals surface area contributed by atoms with Crippen LogP contribution in [0, 0.1) is 11.8 Å². The molecule has 112 valence electrons. The molecule has 1 saturated heterocycles. The summed E-state index contributed by atoms with van der Waals surface area (Å²) < 4.78 is 0. The van der Waals surface area contributed by atoms with Gasteiger partial charge in [0.1, 0.15) is 5.78 Å². The first-order valence-electron chi connectivity index (χ1n) is 7.51. The van der Waals surface area contributed by atoms with Gasteiger partial charge in [0.15, 0.2) is 0 Å². The van der Waals surface area contributed by atoms with Crippen molar-refractivity contribution in [1.29, 1.82) is 0 Å². The number of likely N-dealkylation sites (N-methyl/N-ethyl adjacent to an activating group) is 1. The number of likely N-dealkylation sites (tertiary alicyclic amines) is 1. The number of amides is 2. The Morgan fingerprint density at radius 3 is 2.40 bits per heavy atom. The van der Waals surface area contributed by atoms with Crippen LogP contribution in [0.5, 0.6) is 0 Å². The van der Waals surface area contributed by atoms with Gasteiger partial charge < -0.3 is 9.80 Å². The molecule has 5 nitrogen and oxygen atoms in total. The predicted molar refractivity (Wildman–Crippen MR) is 74.9 cm³/mol. The topological polar surface area (TPSA) is 57.7 Å². The van der Waals surface area contributed by atoms with Crippen LogP contribution in [0.25, 0.3) is 0 Å². The van der Waals surface area contributed by atoms with E-state index in [9.17, 15) is 14.4 Å². The van der Waals surface area contributed by atoms with E-state index in [-0.39, 0.29) is 29.6 Å². The van der Waals surface area contributed by atoms with Gasteiger partial charge in [-0.2, -0.15) is 0 Å². The summed E-state index contributed by atoms with van der Waals surface area (Å²) in [6.07, 6.45) is 3.37. The lowest BCUT2D eigenvalue weighted by molar-refractivity contribution is -0.142. The summed E-state index contributed by atoms with van der Waals surface area (Å²) >= 11 is 0. The minimum absolute atomic E-state index is 0.0543. The van der Waals surface area contributed by atoms with Crippen LogP contribution in [0.2, 0.25) is 0 Å². The summed E-state index contributed by atoms with van der Waals surface area (Å²) in [4.78, 5) is 39.4. The van der Waals surface area contributed by atoms with Gasteiger partial charge in [0.05, 0.1) is 12.0 Å². The summed E-state index contributed by atoms with van der Waals surface area (Å²) in [5.41, 5.74) is 0. The van der Waals surface area contributed by atoms with Crippen LogP contribution in [0.15, 0.2) is 0 Å². The molecule has 0 aromatic heterocycles. The van der Waals surface area contributed by atoms with E-state index in [1.807, 2.05) is 11.8 Å². The van der Waals surface area contributed by atoms with Crippen molar-refractivity contribution in [3.63, 3.8) is 0 Å². The number of hydrogen-bond donors (Lipinski definition) is 0. The molecule has 20 heavy (non-hydrogen) atoms. The molecule has 0 radical (unpaired) electrons. The first kappa shape index (κ1) is 15.0. The molecule has 1 aliphatic heterocycles. The van der Waals surface area contributed by atoms with E-state index >= 15 is 0 Å². The highest BCUT2D eigenvalue weighted by molar-refractivity contribution is 6.00. The molecule has 2 atom stereocenters. The minimum atomic E-state index is -0.534. The standard InChI is InChI=1S/C15H24N2O3/c1-4-13(10(2)18)15(20)16(3)12-7-8-17(9-12)14(19)11-5-6-11/h11-13H,4-9H2,1-3H3. The molecule has 2 fully saturated rings. The Labute approximate surface area is 120 Å². The summed E-state index contributed by atoms with van der Waals surface area (Å²) in [6.45, 7) is 4.67. The van der Waals surface area contributed by atoms with Crippen LogP contribution in [-0.2, 0) is 14.4 Å². The Morgan fingerprint density at radius 1 is 1.25 bits per heavy atom. The number of Topliss-reactive ketones (excluding diaryl/α,β-unsaturated/α-hetero) is 1. The van der Waals surface area contributed by atoms with E-state index < -0.39 is 5.92 Å². The molecule has 2 aliphatic rings. The van der Waals surface area contributed by atoms with E-state index in [1.54, 1.807) is 11.9 Å². The SMILES string of the molecule is CCC(C(C)=O)C(=O)N(C)C1CCN(C(=O)C2CC2)C1. The number of nitrogens with zero attached hydrogens (tertiary/aromatic N) is 2. The van der Waals surface area contributed by atoms with Gasteiger partial charge >= 0.3 is 0 Å². The zero-order valence-corrected chi connectivity index (χ0v) is 12.6. The highest BCUT2D eigenvalue weighted by Gasteiger charge is 2.39. The third-order valence-electron chi connectivity index (χ3n) is 4.49. The van der Waals surface area contributed by atoms with Crippen LogP contribution >= 0.6 is 0 Å². The van der Waals surface area contributed by atoms with Gasteiger partial charge in [-0.1, -0.05) is 6.92 Å². The maximum atomic E-state index is 12.3. The number of rotatable bonds is 5. The molecule has 2 amide bonds. The molecule has 1 saturated carbocycles. The number of ketones is 1. The molecule has 0 spiro atoms. The molecule has 2 rings (SSSR count). The molecule has 0 N–H and O–H groups in total. The monoisotopic (exact) mass is 280 g/mol. The summed E-state index contributed by atoms with van der Waals surface area (Å²) in [6, 6.07) is 0.0543. The second kappa shape index (κ2) is 5.94. The van der Waals surface area contributed by atoms with Crippen LogP contribution in [-0.4, -0.2) is 53.6 Å². The maximum absolute atomic E-state index is 12.3. The van der Waals surface area contributed by atoms with Gasteiger partial charge in [-0.05, 0) is 32.6 Å². The Kier molecular flexibility index (Phi) is 4.45. The lowest BCUT2D eigenvalue weighted by Crippen LogP contribution is -2.44. The van der Waals surface area contributed by atoms with E-state index in [4.69, 9.17) is 0 Å². The lowest BCUT2D eigenvalue weighted by Gasteiger charge is -2.27. The lowest BCUT2D eigenvalue weighted by atomic mass is 10.00. The average molecular weight is 280 g/mol. The molecule has 0 aromatic rings. The van der Waals surface area contributed by atoms with Gasteiger partial charge in [0.25, 0.3) is 0 Å². The van der Waals surface area contributed by atoms with Gasteiger partial charge in [-0.3, -0.25) is 14.4 Å². The molecule has 0 bridgehead atoms. The molecule has 1 heterocycles. The fourth-order valence-electron chi connectivity index (χ4n) is 2.91. The van der Waals surface area contributed by atoms with Crippen LogP contribution < -0.4 is 0 Å². The highest BCUT2D eigenvalue weighted by atomic mass is 16.2. The predicted octanol–water partition coefficient (Wildman–Crippen LogP) is 1.07. The van der Waals surface area contributed by atoms with Gasteiger partial charge in [0, 0.05) is 26.1 Å². The Morgan fingerprint density at radius 2 is 1.90 bits per heavy atom. The molecule has 5 heteroatoms. The quantitative estimate of drug-likeness (QED) is 0.708. The van der Waals surface area contributed by atoms with Crippen molar-refractivity contribution in [2.45, 2.75) is 45.6 Å². The van der Waals surface area contributed by atoms with Gasteiger partial charge in [-0.25, -0.2) is 0 Å². The van der Waals surface area contributed by atoms with E-state index in [0.29, 0.717) is 13.0 Å². The van der Waals surface area contributed by atoms with Crippen LogP contribution in [0.1, 0.15) is 39.5 Å². The Bertz CT molecular complexity index is 417. The largest absolute Gasteiger partial charge is 0.340 e. The first-order chi connectivity index (χ1) is 9.45. The number of hydrogen-bond acceptors (Lipinski definition) is 3. The van der Waals surface area contributed by atoms with E-state index in [2.05, 4.69) is 0 Å². The van der Waals surface area contributed by atoms with Gasteiger partial charge in [0.2, 0.25) is 11.8 Å². The maximum Gasteiger partial charge on any atom is 0.233 e. The van der Waals surface area contributed by atoms with Crippen molar-refractivity contribution >= 4 is 17.6 Å².